The Kier molecular flexibility index (Phi) is 3.86. The third-order valence-electron chi connectivity index (χ3n) is 3.43. The van der Waals surface area contributed by atoms with E-state index in [4.69, 9.17) is 16.3 Å². The van der Waals surface area contributed by atoms with Crippen molar-refractivity contribution in [3.63, 3.8) is 0 Å². The molecule has 22 heavy (non-hydrogen) atoms. The van der Waals surface area contributed by atoms with Gasteiger partial charge in [-0.2, -0.15) is 0 Å². The van der Waals surface area contributed by atoms with Gasteiger partial charge in [-0.05, 0) is 37.6 Å². The van der Waals surface area contributed by atoms with Gasteiger partial charge in [-0.1, -0.05) is 29.3 Å². The SMILES string of the molecule is Cc1ccc(C)c(C(=O)OCc2cn3cc(Cl)ccc3n2)c1. The van der Waals surface area contributed by atoms with Gasteiger partial charge in [-0.25, -0.2) is 9.78 Å². The fourth-order valence-corrected chi connectivity index (χ4v) is 2.43. The third-order valence-corrected chi connectivity index (χ3v) is 3.65. The summed E-state index contributed by atoms with van der Waals surface area (Å²) >= 11 is 5.93. The third kappa shape index (κ3) is 2.97. The van der Waals surface area contributed by atoms with Crippen molar-refractivity contribution in [3.8, 4) is 0 Å². The molecule has 0 amide bonds. The molecule has 0 aliphatic heterocycles. The number of nitrogens with zero attached hydrogens (tertiary/aromatic N) is 2. The number of hydrogen-bond acceptors (Lipinski definition) is 3. The quantitative estimate of drug-likeness (QED) is 0.687. The molecule has 0 bridgehead atoms. The fraction of sp³-hybridized carbons (Fsp3) is 0.176. The molecule has 2 aromatic heterocycles. The molecular formula is C17H15ClN2O2. The van der Waals surface area contributed by atoms with Crippen LogP contribution in [-0.2, 0) is 11.3 Å². The molecule has 0 unspecified atom stereocenters. The summed E-state index contributed by atoms with van der Waals surface area (Å²) in [6.45, 7) is 3.97. The molecule has 5 heteroatoms. The Balaban J connectivity index is 1.75. The number of halogens is 1. The number of fused-ring (bicyclic) bond motifs is 1. The van der Waals surface area contributed by atoms with Gasteiger partial charge in [0.1, 0.15) is 12.3 Å². The zero-order chi connectivity index (χ0) is 15.7. The summed E-state index contributed by atoms with van der Waals surface area (Å²) in [5, 5.41) is 0.629. The Morgan fingerprint density at radius 3 is 2.86 bits per heavy atom. The summed E-state index contributed by atoms with van der Waals surface area (Å²) in [4.78, 5) is 16.6. The molecule has 4 nitrogen and oxygen atoms in total. The molecular weight excluding hydrogens is 300 g/mol. The Labute approximate surface area is 133 Å². The Hall–Kier alpha value is -2.33. The molecule has 0 radical (unpaired) electrons. The average Bonchev–Trinajstić information content (AvgIpc) is 2.89. The second-order valence-corrected chi connectivity index (χ2v) is 5.68. The number of imidazole rings is 1. The van der Waals surface area contributed by atoms with Crippen molar-refractivity contribution >= 4 is 23.2 Å². The molecule has 3 rings (SSSR count). The molecule has 0 saturated carbocycles. The van der Waals surface area contributed by atoms with Gasteiger partial charge in [0.15, 0.2) is 0 Å². The summed E-state index contributed by atoms with van der Waals surface area (Å²) in [7, 11) is 0. The average molecular weight is 315 g/mol. The van der Waals surface area contributed by atoms with Crippen molar-refractivity contribution in [2.75, 3.05) is 0 Å². The first-order valence-electron chi connectivity index (χ1n) is 6.90. The number of pyridine rings is 1. The van der Waals surface area contributed by atoms with Crippen LogP contribution in [0.15, 0.2) is 42.7 Å². The normalized spacial score (nSPS) is 10.9. The van der Waals surface area contributed by atoms with Crippen molar-refractivity contribution in [1.29, 1.82) is 0 Å². The van der Waals surface area contributed by atoms with Crippen LogP contribution >= 0.6 is 11.6 Å². The van der Waals surface area contributed by atoms with E-state index in [2.05, 4.69) is 4.98 Å². The van der Waals surface area contributed by atoms with E-state index in [1.165, 1.54) is 0 Å². The highest BCUT2D eigenvalue weighted by molar-refractivity contribution is 6.30. The van der Waals surface area contributed by atoms with Gasteiger partial charge in [0.25, 0.3) is 0 Å². The van der Waals surface area contributed by atoms with Crippen LogP contribution in [0.2, 0.25) is 5.02 Å². The number of aryl methyl sites for hydroxylation is 2. The van der Waals surface area contributed by atoms with E-state index < -0.39 is 0 Å². The van der Waals surface area contributed by atoms with E-state index in [1.54, 1.807) is 18.5 Å². The molecule has 2 heterocycles. The van der Waals surface area contributed by atoms with Crippen molar-refractivity contribution in [2.24, 2.45) is 0 Å². The van der Waals surface area contributed by atoms with Gasteiger partial charge in [0.2, 0.25) is 0 Å². The molecule has 3 aromatic rings. The number of carbonyl (C=O) groups excluding carboxylic acids is 1. The Morgan fingerprint density at radius 1 is 1.23 bits per heavy atom. The van der Waals surface area contributed by atoms with E-state index in [9.17, 15) is 4.79 Å². The first-order chi connectivity index (χ1) is 10.5. The van der Waals surface area contributed by atoms with Gasteiger partial charge in [0.05, 0.1) is 16.3 Å². The molecule has 0 saturated heterocycles. The summed E-state index contributed by atoms with van der Waals surface area (Å²) in [5.41, 5.74) is 3.97. The van der Waals surface area contributed by atoms with E-state index >= 15 is 0 Å². The van der Waals surface area contributed by atoms with Crippen LogP contribution in [0.5, 0.6) is 0 Å². The van der Waals surface area contributed by atoms with Gasteiger partial charge in [-0.3, -0.25) is 0 Å². The highest BCUT2D eigenvalue weighted by Gasteiger charge is 2.12. The monoisotopic (exact) mass is 314 g/mol. The van der Waals surface area contributed by atoms with Crippen LogP contribution in [-0.4, -0.2) is 15.4 Å². The first kappa shape index (κ1) is 14.6. The van der Waals surface area contributed by atoms with Crippen molar-refractivity contribution in [3.05, 3.63) is 70.1 Å². The molecule has 0 atom stereocenters. The number of benzene rings is 1. The minimum Gasteiger partial charge on any atom is -0.456 e. The fourth-order valence-electron chi connectivity index (χ4n) is 2.26. The van der Waals surface area contributed by atoms with E-state index in [-0.39, 0.29) is 12.6 Å². The maximum absolute atomic E-state index is 12.2. The summed E-state index contributed by atoms with van der Waals surface area (Å²) < 4.78 is 7.17. The predicted octanol–water partition coefficient (Wildman–Crippen LogP) is 3.96. The highest BCUT2D eigenvalue weighted by atomic mass is 35.5. The van der Waals surface area contributed by atoms with Crippen LogP contribution in [0.25, 0.3) is 5.65 Å². The second-order valence-electron chi connectivity index (χ2n) is 5.24. The number of rotatable bonds is 3. The zero-order valence-corrected chi connectivity index (χ0v) is 13.1. The minimum absolute atomic E-state index is 0.130. The maximum atomic E-state index is 12.2. The van der Waals surface area contributed by atoms with E-state index in [1.807, 2.05) is 42.5 Å². The van der Waals surface area contributed by atoms with Crippen LogP contribution in [0.3, 0.4) is 0 Å². The van der Waals surface area contributed by atoms with Crippen LogP contribution in [0.4, 0.5) is 0 Å². The minimum atomic E-state index is -0.337. The van der Waals surface area contributed by atoms with E-state index in [0.29, 0.717) is 16.3 Å². The Morgan fingerprint density at radius 2 is 2.05 bits per heavy atom. The van der Waals surface area contributed by atoms with Crippen molar-refractivity contribution < 1.29 is 9.53 Å². The Bertz CT molecular complexity index is 855. The molecule has 1 aromatic carbocycles. The molecule has 0 N–H and O–H groups in total. The lowest BCUT2D eigenvalue weighted by Crippen LogP contribution is -2.07. The van der Waals surface area contributed by atoms with Crippen LogP contribution < -0.4 is 0 Å². The second kappa shape index (κ2) is 5.81. The lowest BCUT2D eigenvalue weighted by molar-refractivity contribution is 0.0467. The topological polar surface area (TPSA) is 43.6 Å². The number of carbonyl (C=O) groups is 1. The van der Waals surface area contributed by atoms with Crippen LogP contribution in [0.1, 0.15) is 27.2 Å². The number of aromatic nitrogens is 2. The standard InChI is InChI=1S/C17H15ClN2O2/c1-11-3-4-12(2)15(7-11)17(21)22-10-14-9-20-8-13(18)5-6-16(20)19-14/h3-9H,10H2,1-2H3. The lowest BCUT2D eigenvalue weighted by atomic mass is 10.1. The molecule has 0 spiro atoms. The van der Waals surface area contributed by atoms with E-state index in [0.717, 1.165) is 16.8 Å². The summed E-state index contributed by atoms with van der Waals surface area (Å²) in [5.74, 6) is -0.337. The van der Waals surface area contributed by atoms with Gasteiger partial charge < -0.3 is 9.14 Å². The number of ether oxygens (including phenoxy) is 1. The molecule has 0 aliphatic rings. The lowest BCUT2D eigenvalue weighted by Gasteiger charge is -2.06. The molecule has 0 aliphatic carbocycles. The highest BCUT2D eigenvalue weighted by Crippen LogP contribution is 2.15. The molecule has 0 fully saturated rings. The largest absolute Gasteiger partial charge is 0.456 e. The van der Waals surface area contributed by atoms with Gasteiger partial charge in [0, 0.05) is 12.4 Å². The maximum Gasteiger partial charge on any atom is 0.338 e. The smallest absolute Gasteiger partial charge is 0.338 e. The zero-order valence-electron chi connectivity index (χ0n) is 12.3. The first-order valence-corrected chi connectivity index (χ1v) is 7.28. The van der Waals surface area contributed by atoms with Gasteiger partial charge in [-0.15, -0.1) is 0 Å². The summed E-state index contributed by atoms with van der Waals surface area (Å²) in [6.07, 6.45) is 3.57. The number of hydrogen-bond donors (Lipinski definition) is 0. The molecule has 112 valence electrons. The summed E-state index contributed by atoms with van der Waals surface area (Å²) in [6, 6.07) is 9.31. The van der Waals surface area contributed by atoms with Crippen LogP contribution in [0, 0.1) is 13.8 Å². The van der Waals surface area contributed by atoms with Crippen molar-refractivity contribution in [1.82, 2.24) is 9.38 Å². The number of esters is 1. The van der Waals surface area contributed by atoms with Crippen molar-refractivity contribution in [2.45, 2.75) is 20.5 Å². The predicted molar refractivity (Wildman–Crippen MR) is 85.2 cm³/mol. The van der Waals surface area contributed by atoms with Gasteiger partial charge >= 0.3 is 5.97 Å².